The lowest BCUT2D eigenvalue weighted by Gasteiger charge is -2.35. The highest BCUT2D eigenvalue weighted by molar-refractivity contribution is 5.94. The highest BCUT2D eigenvalue weighted by Crippen LogP contribution is 2.29. The molecule has 2 aliphatic rings. The summed E-state index contributed by atoms with van der Waals surface area (Å²) in [6.45, 7) is 8.83. The number of carbonyl (C=O) groups is 5. The molecule has 4 amide bonds. The molecule has 1 saturated carbocycles. The van der Waals surface area contributed by atoms with E-state index in [1.165, 1.54) is 6.92 Å². The molecule has 1 heterocycles. The maximum atomic E-state index is 13.8. The second-order valence-electron chi connectivity index (χ2n) is 11.3. The summed E-state index contributed by atoms with van der Waals surface area (Å²) in [5.41, 5.74) is -0.668. The van der Waals surface area contributed by atoms with E-state index in [0.29, 0.717) is 25.8 Å². The van der Waals surface area contributed by atoms with E-state index in [9.17, 15) is 24.0 Å². The molecule has 0 spiro atoms. The summed E-state index contributed by atoms with van der Waals surface area (Å²) in [6, 6.07) is -2.65. The summed E-state index contributed by atoms with van der Waals surface area (Å²) in [7, 11) is 0. The van der Waals surface area contributed by atoms with Crippen LogP contribution in [-0.4, -0.2) is 71.3 Å². The number of Topliss-reactive ketones (excluding diaryl/α,β-unsaturated/α-hetero) is 1. The van der Waals surface area contributed by atoms with Crippen LogP contribution in [0.2, 0.25) is 0 Å². The average molecular weight is 523 g/mol. The second kappa shape index (κ2) is 14.3. The van der Waals surface area contributed by atoms with E-state index in [4.69, 9.17) is 4.74 Å². The number of nitrogens with one attached hydrogen (secondary N) is 3. The molecule has 2 unspecified atom stereocenters. The number of nitrogens with zero attached hydrogens (tertiary/aromatic N) is 1. The van der Waals surface area contributed by atoms with Gasteiger partial charge in [0, 0.05) is 6.54 Å². The van der Waals surface area contributed by atoms with Crippen LogP contribution in [0.25, 0.3) is 0 Å². The number of amides is 4. The van der Waals surface area contributed by atoms with Crippen molar-refractivity contribution in [2.45, 2.75) is 123 Å². The normalized spacial score (nSPS) is 20.0. The monoisotopic (exact) mass is 522 g/mol. The Morgan fingerprint density at radius 2 is 1.65 bits per heavy atom. The van der Waals surface area contributed by atoms with Gasteiger partial charge in [-0.2, -0.15) is 0 Å². The zero-order chi connectivity index (χ0) is 27.6. The van der Waals surface area contributed by atoms with Crippen molar-refractivity contribution >= 4 is 29.6 Å². The van der Waals surface area contributed by atoms with Crippen molar-refractivity contribution in [1.82, 2.24) is 20.9 Å². The number of hydrogen-bond acceptors (Lipinski definition) is 6. The topological polar surface area (TPSA) is 134 Å². The van der Waals surface area contributed by atoms with Crippen molar-refractivity contribution in [3.63, 3.8) is 0 Å². The largest absolute Gasteiger partial charge is 0.459 e. The minimum Gasteiger partial charge on any atom is -0.459 e. The third-order valence-electron chi connectivity index (χ3n) is 6.98. The van der Waals surface area contributed by atoms with Crippen LogP contribution in [0.3, 0.4) is 0 Å². The lowest BCUT2D eigenvalue weighted by molar-refractivity contribution is -0.153. The number of esters is 1. The molecule has 0 aromatic carbocycles. The van der Waals surface area contributed by atoms with Gasteiger partial charge in [0.15, 0.2) is 5.78 Å². The number of ketones is 1. The predicted molar refractivity (Wildman–Crippen MR) is 140 cm³/mol. The quantitative estimate of drug-likeness (QED) is 0.357. The third-order valence-corrected chi connectivity index (χ3v) is 6.98. The SMILES string of the molecule is CCCCC(NC(=O)[C@@H]1CCCN1C(=O)C(NC(=O)NCC(=O)OC(C)(C)C)C1CCCCC1)C(C)=O. The molecule has 0 bridgehead atoms. The van der Waals surface area contributed by atoms with Crippen LogP contribution < -0.4 is 16.0 Å². The van der Waals surface area contributed by atoms with E-state index in [1.54, 1.807) is 25.7 Å². The Labute approximate surface area is 221 Å². The highest BCUT2D eigenvalue weighted by atomic mass is 16.6. The third kappa shape index (κ3) is 9.97. The first-order chi connectivity index (χ1) is 17.4. The zero-order valence-electron chi connectivity index (χ0n) is 23.2. The summed E-state index contributed by atoms with van der Waals surface area (Å²) in [5, 5.41) is 8.15. The molecular weight excluding hydrogens is 476 g/mol. The highest BCUT2D eigenvalue weighted by Gasteiger charge is 2.41. The molecule has 10 nitrogen and oxygen atoms in total. The molecule has 0 aromatic heterocycles. The molecule has 2 fully saturated rings. The molecule has 3 N–H and O–H groups in total. The lowest BCUT2D eigenvalue weighted by atomic mass is 9.83. The van der Waals surface area contributed by atoms with Crippen LogP contribution in [-0.2, 0) is 23.9 Å². The smallest absolute Gasteiger partial charge is 0.325 e. The maximum absolute atomic E-state index is 13.8. The Bertz CT molecular complexity index is 818. The molecule has 10 heteroatoms. The van der Waals surface area contributed by atoms with Crippen LogP contribution in [0.1, 0.15) is 98.8 Å². The van der Waals surface area contributed by atoms with Gasteiger partial charge in [-0.25, -0.2) is 4.79 Å². The van der Waals surface area contributed by atoms with E-state index in [-0.39, 0.29) is 30.1 Å². The Morgan fingerprint density at radius 1 is 0.973 bits per heavy atom. The van der Waals surface area contributed by atoms with E-state index in [2.05, 4.69) is 16.0 Å². The van der Waals surface area contributed by atoms with E-state index < -0.39 is 35.7 Å². The van der Waals surface area contributed by atoms with Gasteiger partial charge in [0.25, 0.3) is 0 Å². The molecule has 0 aromatic rings. The van der Waals surface area contributed by atoms with Gasteiger partial charge in [0.05, 0.1) is 6.04 Å². The molecule has 210 valence electrons. The minimum atomic E-state index is -0.795. The first kappa shape index (κ1) is 30.6. The van der Waals surface area contributed by atoms with Crippen molar-refractivity contribution in [1.29, 1.82) is 0 Å². The standard InChI is InChI=1S/C27H46N4O6/c1-6-7-14-20(18(2)32)29-24(34)21-15-11-16-31(21)25(35)23(19-12-9-8-10-13-19)30-26(36)28-17-22(33)37-27(3,4)5/h19-21,23H,6-17H2,1-5H3,(H,29,34)(H2,28,30,36)/t20?,21-,23?/m0/s1. The molecule has 0 radical (unpaired) electrons. The number of carbonyl (C=O) groups excluding carboxylic acids is 5. The van der Waals surface area contributed by atoms with Crippen LogP contribution in [0.15, 0.2) is 0 Å². The fourth-order valence-electron chi connectivity index (χ4n) is 5.11. The van der Waals surface area contributed by atoms with Gasteiger partial charge in [0.2, 0.25) is 11.8 Å². The first-order valence-corrected chi connectivity index (χ1v) is 13.8. The van der Waals surface area contributed by atoms with Gasteiger partial charge >= 0.3 is 12.0 Å². The van der Waals surface area contributed by atoms with Crippen LogP contribution in [0.5, 0.6) is 0 Å². The molecule has 3 atom stereocenters. The number of hydrogen-bond donors (Lipinski definition) is 3. The molecule has 2 rings (SSSR count). The summed E-state index contributed by atoms with van der Waals surface area (Å²) in [6.07, 6.45) is 8.12. The van der Waals surface area contributed by atoms with Gasteiger partial charge in [-0.3, -0.25) is 19.2 Å². The van der Waals surface area contributed by atoms with Crippen molar-refractivity contribution < 1.29 is 28.7 Å². The van der Waals surface area contributed by atoms with Gasteiger partial charge in [-0.05, 0) is 65.7 Å². The number of likely N-dealkylation sites (tertiary alicyclic amines) is 1. The molecule has 1 saturated heterocycles. The molecular formula is C27H46N4O6. The van der Waals surface area contributed by atoms with Crippen LogP contribution in [0, 0.1) is 5.92 Å². The van der Waals surface area contributed by atoms with Crippen LogP contribution in [0.4, 0.5) is 4.79 Å². The molecule has 37 heavy (non-hydrogen) atoms. The van der Waals surface area contributed by atoms with Gasteiger partial charge in [-0.15, -0.1) is 0 Å². The number of rotatable bonds is 11. The van der Waals surface area contributed by atoms with Crippen LogP contribution >= 0.6 is 0 Å². The van der Waals surface area contributed by atoms with E-state index >= 15 is 0 Å². The van der Waals surface area contributed by atoms with Crippen molar-refractivity contribution in [2.24, 2.45) is 5.92 Å². The van der Waals surface area contributed by atoms with E-state index in [1.807, 2.05) is 6.92 Å². The van der Waals surface area contributed by atoms with Gasteiger partial charge < -0.3 is 25.6 Å². The summed E-state index contributed by atoms with van der Waals surface area (Å²) >= 11 is 0. The number of ether oxygens (including phenoxy) is 1. The Kier molecular flexibility index (Phi) is 11.8. The number of unbranched alkanes of at least 4 members (excludes halogenated alkanes) is 1. The van der Waals surface area contributed by atoms with Crippen molar-refractivity contribution in [2.75, 3.05) is 13.1 Å². The molecule has 1 aliphatic carbocycles. The van der Waals surface area contributed by atoms with Gasteiger partial charge in [0.1, 0.15) is 24.2 Å². The second-order valence-corrected chi connectivity index (χ2v) is 11.3. The van der Waals surface area contributed by atoms with Crippen molar-refractivity contribution in [3.05, 3.63) is 0 Å². The summed E-state index contributed by atoms with van der Waals surface area (Å²) in [5.74, 6) is -1.32. The average Bonchev–Trinajstić information content (AvgIpc) is 3.33. The lowest BCUT2D eigenvalue weighted by Crippen LogP contribution is -2.58. The maximum Gasteiger partial charge on any atom is 0.325 e. The van der Waals surface area contributed by atoms with E-state index in [0.717, 1.165) is 44.9 Å². The zero-order valence-corrected chi connectivity index (χ0v) is 23.2. The van der Waals surface area contributed by atoms with Gasteiger partial charge in [-0.1, -0.05) is 39.0 Å². The van der Waals surface area contributed by atoms with Crippen molar-refractivity contribution in [3.8, 4) is 0 Å². The molecule has 1 aliphatic heterocycles. The Morgan fingerprint density at radius 3 is 2.24 bits per heavy atom. The fourth-order valence-corrected chi connectivity index (χ4v) is 5.11. The minimum absolute atomic E-state index is 0.0487. The first-order valence-electron chi connectivity index (χ1n) is 13.8. The Balaban J connectivity index is 2.09. The predicted octanol–water partition coefficient (Wildman–Crippen LogP) is 2.83. The fraction of sp³-hybridized carbons (Fsp3) is 0.815. The number of urea groups is 1. The summed E-state index contributed by atoms with van der Waals surface area (Å²) in [4.78, 5) is 65.2. The summed E-state index contributed by atoms with van der Waals surface area (Å²) < 4.78 is 5.23. The Hall–Kier alpha value is -2.65.